The van der Waals surface area contributed by atoms with Crippen LogP contribution in [-0.2, 0) is 6.54 Å². The Hall–Kier alpha value is -1.70. The molecule has 0 fully saturated rings. The number of benzene rings is 2. The zero-order valence-corrected chi connectivity index (χ0v) is 15.8. The first-order valence-corrected chi connectivity index (χ1v) is 9.39. The number of aliphatic hydroxyl groups excluding tert-OH is 1. The number of amides is 1. The SMILES string of the molecule is O=C(NCc1ccc(C(O)c2ccccc2)s1)c1ccccc1I. The lowest BCUT2D eigenvalue weighted by Gasteiger charge is -2.08. The third-order valence-corrected chi connectivity index (χ3v) is 5.69. The van der Waals surface area contributed by atoms with Gasteiger partial charge in [0, 0.05) is 13.3 Å². The summed E-state index contributed by atoms with van der Waals surface area (Å²) >= 11 is 3.67. The molecule has 2 N–H and O–H groups in total. The zero-order chi connectivity index (χ0) is 16.9. The molecule has 0 aliphatic heterocycles. The van der Waals surface area contributed by atoms with Crippen LogP contribution in [0.1, 0.15) is 31.8 Å². The average molecular weight is 449 g/mol. The number of aliphatic hydroxyl groups is 1. The van der Waals surface area contributed by atoms with Gasteiger partial charge in [0.05, 0.1) is 12.1 Å². The Morgan fingerprint density at radius 2 is 1.75 bits per heavy atom. The molecule has 2 aromatic carbocycles. The standard InChI is InChI=1S/C19H16INO2S/c20-16-9-5-4-8-15(16)19(23)21-12-14-10-11-17(24-14)18(22)13-6-2-1-3-7-13/h1-11,18,22H,12H2,(H,21,23). The third-order valence-electron chi connectivity index (χ3n) is 3.61. The molecule has 3 aromatic rings. The number of hydrogen-bond donors (Lipinski definition) is 2. The van der Waals surface area contributed by atoms with Crippen LogP contribution < -0.4 is 5.32 Å². The van der Waals surface area contributed by atoms with Crippen LogP contribution in [0.25, 0.3) is 0 Å². The van der Waals surface area contributed by atoms with E-state index in [0.717, 1.165) is 18.9 Å². The Bertz CT molecular complexity index is 832. The molecule has 3 nitrogen and oxygen atoms in total. The average Bonchev–Trinajstić information content (AvgIpc) is 3.09. The molecule has 5 heteroatoms. The van der Waals surface area contributed by atoms with Gasteiger partial charge in [0.2, 0.25) is 0 Å². The molecule has 122 valence electrons. The molecule has 1 unspecified atom stereocenters. The van der Waals surface area contributed by atoms with E-state index >= 15 is 0 Å². The second-order valence-electron chi connectivity index (χ2n) is 5.28. The minimum atomic E-state index is -0.629. The summed E-state index contributed by atoms with van der Waals surface area (Å²) in [7, 11) is 0. The molecule has 1 atom stereocenters. The van der Waals surface area contributed by atoms with E-state index in [2.05, 4.69) is 27.9 Å². The van der Waals surface area contributed by atoms with Gasteiger partial charge in [-0.05, 0) is 52.4 Å². The van der Waals surface area contributed by atoms with Crippen molar-refractivity contribution in [2.24, 2.45) is 0 Å². The van der Waals surface area contributed by atoms with Gasteiger partial charge >= 0.3 is 0 Å². The maximum atomic E-state index is 12.2. The summed E-state index contributed by atoms with van der Waals surface area (Å²) in [6.45, 7) is 0.454. The van der Waals surface area contributed by atoms with Crippen LogP contribution in [0, 0.1) is 3.57 Å². The molecule has 3 rings (SSSR count). The number of carbonyl (C=O) groups excluding carboxylic acids is 1. The highest BCUT2D eigenvalue weighted by molar-refractivity contribution is 14.1. The fourth-order valence-corrected chi connectivity index (χ4v) is 3.94. The topological polar surface area (TPSA) is 49.3 Å². The van der Waals surface area contributed by atoms with Crippen molar-refractivity contribution < 1.29 is 9.90 Å². The van der Waals surface area contributed by atoms with Crippen molar-refractivity contribution in [3.05, 3.63) is 91.2 Å². The van der Waals surface area contributed by atoms with E-state index in [1.807, 2.05) is 66.7 Å². The van der Waals surface area contributed by atoms with E-state index < -0.39 is 6.10 Å². The quantitative estimate of drug-likeness (QED) is 0.569. The Morgan fingerprint density at radius 3 is 2.50 bits per heavy atom. The Kier molecular flexibility index (Phi) is 5.65. The first-order chi connectivity index (χ1) is 11.6. The fraction of sp³-hybridized carbons (Fsp3) is 0.105. The second kappa shape index (κ2) is 7.92. The molecule has 0 saturated heterocycles. The van der Waals surface area contributed by atoms with Crippen LogP contribution in [0.2, 0.25) is 0 Å². The van der Waals surface area contributed by atoms with Gasteiger partial charge in [-0.3, -0.25) is 4.79 Å². The lowest BCUT2D eigenvalue weighted by Crippen LogP contribution is -2.23. The van der Waals surface area contributed by atoms with Gasteiger partial charge in [-0.15, -0.1) is 11.3 Å². The van der Waals surface area contributed by atoms with Gasteiger partial charge in [-0.2, -0.15) is 0 Å². The van der Waals surface area contributed by atoms with Crippen molar-refractivity contribution in [1.82, 2.24) is 5.32 Å². The Morgan fingerprint density at radius 1 is 1.04 bits per heavy atom. The van der Waals surface area contributed by atoms with E-state index in [4.69, 9.17) is 0 Å². The number of hydrogen-bond acceptors (Lipinski definition) is 3. The predicted molar refractivity (Wildman–Crippen MR) is 105 cm³/mol. The van der Waals surface area contributed by atoms with E-state index in [1.54, 1.807) is 0 Å². The summed E-state index contributed by atoms with van der Waals surface area (Å²) in [6, 6.07) is 20.9. The summed E-state index contributed by atoms with van der Waals surface area (Å²) in [5.41, 5.74) is 1.55. The zero-order valence-electron chi connectivity index (χ0n) is 12.8. The molecule has 0 saturated carbocycles. The Balaban J connectivity index is 1.64. The maximum absolute atomic E-state index is 12.2. The summed E-state index contributed by atoms with van der Waals surface area (Å²) in [5.74, 6) is -0.0847. The number of nitrogens with one attached hydrogen (secondary N) is 1. The molecule has 1 amide bonds. The van der Waals surface area contributed by atoms with E-state index in [0.29, 0.717) is 12.1 Å². The molecule has 0 bridgehead atoms. The van der Waals surface area contributed by atoms with Crippen LogP contribution in [0.4, 0.5) is 0 Å². The Labute approximate surface area is 158 Å². The second-order valence-corrected chi connectivity index (χ2v) is 7.64. The van der Waals surface area contributed by atoms with Crippen LogP contribution in [0.5, 0.6) is 0 Å². The molecule has 0 aliphatic carbocycles. The van der Waals surface area contributed by atoms with Gasteiger partial charge in [-0.1, -0.05) is 42.5 Å². The van der Waals surface area contributed by atoms with Crippen molar-refractivity contribution in [2.45, 2.75) is 12.6 Å². The highest BCUT2D eigenvalue weighted by atomic mass is 127. The van der Waals surface area contributed by atoms with Crippen LogP contribution >= 0.6 is 33.9 Å². The molecule has 0 aliphatic rings. The summed E-state index contributed by atoms with van der Waals surface area (Å²) < 4.78 is 0.930. The van der Waals surface area contributed by atoms with Gasteiger partial charge in [-0.25, -0.2) is 0 Å². The highest BCUT2D eigenvalue weighted by Crippen LogP contribution is 2.28. The predicted octanol–water partition coefficient (Wildman–Crippen LogP) is 4.36. The van der Waals surface area contributed by atoms with E-state index in [-0.39, 0.29) is 5.91 Å². The molecule has 24 heavy (non-hydrogen) atoms. The molecular formula is C19H16INO2S. The number of thiophene rings is 1. The monoisotopic (exact) mass is 449 g/mol. The van der Waals surface area contributed by atoms with Crippen molar-refractivity contribution in [2.75, 3.05) is 0 Å². The molecule has 1 heterocycles. The first kappa shape index (κ1) is 17.1. The molecule has 1 aromatic heterocycles. The van der Waals surface area contributed by atoms with Crippen LogP contribution in [0.15, 0.2) is 66.7 Å². The molecular weight excluding hydrogens is 433 g/mol. The molecule has 0 radical (unpaired) electrons. The number of halogens is 1. The lowest BCUT2D eigenvalue weighted by molar-refractivity contribution is 0.0950. The fourth-order valence-electron chi connectivity index (χ4n) is 2.34. The van der Waals surface area contributed by atoms with E-state index in [1.165, 1.54) is 11.3 Å². The maximum Gasteiger partial charge on any atom is 0.252 e. The van der Waals surface area contributed by atoms with Crippen LogP contribution in [-0.4, -0.2) is 11.0 Å². The highest BCUT2D eigenvalue weighted by Gasteiger charge is 2.14. The van der Waals surface area contributed by atoms with Gasteiger partial charge in [0.1, 0.15) is 6.10 Å². The van der Waals surface area contributed by atoms with Gasteiger partial charge in [0.15, 0.2) is 0 Å². The van der Waals surface area contributed by atoms with Gasteiger partial charge in [0.25, 0.3) is 5.91 Å². The number of rotatable bonds is 5. The summed E-state index contributed by atoms with van der Waals surface area (Å²) in [5, 5.41) is 13.4. The summed E-state index contributed by atoms with van der Waals surface area (Å²) in [6.07, 6.45) is -0.629. The lowest BCUT2D eigenvalue weighted by atomic mass is 10.1. The smallest absolute Gasteiger partial charge is 0.252 e. The van der Waals surface area contributed by atoms with E-state index in [9.17, 15) is 9.90 Å². The molecule has 0 spiro atoms. The van der Waals surface area contributed by atoms with Crippen molar-refractivity contribution in [3.8, 4) is 0 Å². The summed E-state index contributed by atoms with van der Waals surface area (Å²) in [4.78, 5) is 14.1. The van der Waals surface area contributed by atoms with Crippen molar-refractivity contribution in [1.29, 1.82) is 0 Å². The normalized spacial score (nSPS) is 11.9. The minimum Gasteiger partial charge on any atom is -0.383 e. The van der Waals surface area contributed by atoms with Crippen molar-refractivity contribution >= 4 is 39.8 Å². The van der Waals surface area contributed by atoms with Crippen molar-refractivity contribution in [3.63, 3.8) is 0 Å². The third kappa shape index (κ3) is 4.03. The first-order valence-electron chi connectivity index (χ1n) is 7.49. The van der Waals surface area contributed by atoms with Crippen LogP contribution in [0.3, 0.4) is 0 Å². The van der Waals surface area contributed by atoms with Gasteiger partial charge < -0.3 is 10.4 Å². The number of carbonyl (C=O) groups is 1. The largest absolute Gasteiger partial charge is 0.383 e. The minimum absolute atomic E-state index is 0.0847.